The van der Waals surface area contributed by atoms with E-state index in [-0.39, 0.29) is 5.91 Å². The molecular formula is C13H19N3O. The fourth-order valence-electron chi connectivity index (χ4n) is 2.32. The number of hydrogen-bond donors (Lipinski definition) is 1. The summed E-state index contributed by atoms with van der Waals surface area (Å²) in [6.45, 7) is 3.54. The predicted octanol–water partition coefficient (Wildman–Crippen LogP) is 1.28. The summed E-state index contributed by atoms with van der Waals surface area (Å²) in [5.41, 5.74) is 6.41. The van der Waals surface area contributed by atoms with E-state index in [1.807, 2.05) is 4.90 Å². The Bertz CT molecular complexity index is 380. The highest BCUT2D eigenvalue weighted by Crippen LogP contribution is 2.22. The average Bonchev–Trinajstić information content (AvgIpc) is 2.39. The third kappa shape index (κ3) is 2.64. The summed E-state index contributed by atoms with van der Waals surface area (Å²) < 4.78 is 0. The zero-order chi connectivity index (χ0) is 12.3. The van der Waals surface area contributed by atoms with Gasteiger partial charge < -0.3 is 10.6 Å². The number of carbonyl (C=O) groups excluding carboxylic acids is 1. The van der Waals surface area contributed by atoms with E-state index in [0.717, 1.165) is 19.4 Å². The van der Waals surface area contributed by atoms with Gasteiger partial charge >= 0.3 is 0 Å². The highest BCUT2D eigenvalue weighted by molar-refractivity contribution is 5.94. The molecule has 0 aliphatic carbocycles. The molecule has 0 aromatic carbocycles. The number of piperidine rings is 1. The number of amides is 1. The van der Waals surface area contributed by atoms with Gasteiger partial charge in [-0.05, 0) is 44.4 Å². The standard InChI is InChI=1S/C13H19N3O/c1-10-2-3-11(8-14)9-16(10)13(17)12-4-6-15-7-5-12/h4-7,10-11H,2-3,8-9,14H2,1H3. The van der Waals surface area contributed by atoms with Crippen LogP contribution in [0.3, 0.4) is 0 Å². The molecule has 2 unspecified atom stereocenters. The van der Waals surface area contributed by atoms with E-state index in [1.54, 1.807) is 24.5 Å². The maximum absolute atomic E-state index is 12.3. The third-order valence-corrected chi connectivity index (χ3v) is 3.50. The van der Waals surface area contributed by atoms with Gasteiger partial charge in [-0.1, -0.05) is 0 Å². The van der Waals surface area contributed by atoms with Gasteiger partial charge in [0.05, 0.1) is 0 Å². The number of likely N-dealkylation sites (tertiary alicyclic amines) is 1. The van der Waals surface area contributed by atoms with Crippen LogP contribution in [0, 0.1) is 5.92 Å². The number of hydrogen-bond acceptors (Lipinski definition) is 3. The van der Waals surface area contributed by atoms with Crippen molar-refractivity contribution >= 4 is 5.91 Å². The summed E-state index contributed by atoms with van der Waals surface area (Å²) >= 11 is 0. The molecular weight excluding hydrogens is 214 g/mol. The van der Waals surface area contributed by atoms with E-state index in [1.165, 1.54) is 0 Å². The maximum Gasteiger partial charge on any atom is 0.254 e. The Morgan fingerprint density at radius 1 is 1.47 bits per heavy atom. The smallest absolute Gasteiger partial charge is 0.254 e. The van der Waals surface area contributed by atoms with Crippen molar-refractivity contribution in [2.24, 2.45) is 11.7 Å². The Morgan fingerprint density at radius 3 is 2.82 bits per heavy atom. The minimum atomic E-state index is 0.0954. The zero-order valence-electron chi connectivity index (χ0n) is 10.2. The second-order valence-electron chi connectivity index (χ2n) is 4.72. The molecule has 1 amide bonds. The van der Waals surface area contributed by atoms with Crippen LogP contribution in [0.5, 0.6) is 0 Å². The summed E-state index contributed by atoms with van der Waals surface area (Å²) in [5.74, 6) is 0.537. The maximum atomic E-state index is 12.3. The van der Waals surface area contributed by atoms with Gasteiger partial charge in [-0.15, -0.1) is 0 Å². The first-order valence-electron chi connectivity index (χ1n) is 6.13. The van der Waals surface area contributed by atoms with Crippen LogP contribution in [0.25, 0.3) is 0 Å². The first-order chi connectivity index (χ1) is 8.22. The van der Waals surface area contributed by atoms with Gasteiger partial charge in [0.15, 0.2) is 0 Å². The molecule has 2 rings (SSSR count). The molecule has 0 radical (unpaired) electrons. The van der Waals surface area contributed by atoms with Crippen LogP contribution in [0.4, 0.5) is 0 Å². The molecule has 1 aromatic heterocycles. The number of pyridine rings is 1. The molecule has 1 fully saturated rings. The van der Waals surface area contributed by atoms with E-state index in [9.17, 15) is 4.79 Å². The van der Waals surface area contributed by atoms with Crippen molar-refractivity contribution in [2.75, 3.05) is 13.1 Å². The molecule has 2 N–H and O–H groups in total. The molecule has 1 aliphatic rings. The van der Waals surface area contributed by atoms with Gasteiger partial charge in [-0.2, -0.15) is 0 Å². The molecule has 0 saturated carbocycles. The summed E-state index contributed by atoms with van der Waals surface area (Å²) in [6.07, 6.45) is 5.47. The Kier molecular flexibility index (Phi) is 3.74. The van der Waals surface area contributed by atoms with Gasteiger partial charge in [0, 0.05) is 30.5 Å². The lowest BCUT2D eigenvalue weighted by Gasteiger charge is -2.37. The SMILES string of the molecule is CC1CCC(CN)CN1C(=O)c1ccncc1. The van der Waals surface area contributed by atoms with Crippen molar-refractivity contribution in [3.63, 3.8) is 0 Å². The van der Waals surface area contributed by atoms with Crippen LogP contribution in [0.2, 0.25) is 0 Å². The molecule has 1 saturated heterocycles. The highest BCUT2D eigenvalue weighted by atomic mass is 16.2. The van der Waals surface area contributed by atoms with Gasteiger partial charge in [-0.3, -0.25) is 9.78 Å². The van der Waals surface area contributed by atoms with Crippen LogP contribution in [-0.4, -0.2) is 34.9 Å². The second kappa shape index (κ2) is 5.27. The van der Waals surface area contributed by atoms with Gasteiger partial charge in [0.2, 0.25) is 0 Å². The quantitative estimate of drug-likeness (QED) is 0.837. The number of aromatic nitrogens is 1. The minimum absolute atomic E-state index is 0.0954. The van der Waals surface area contributed by atoms with Crippen molar-refractivity contribution in [3.8, 4) is 0 Å². The van der Waals surface area contributed by atoms with Gasteiger partial charge in [0.1, 0.15) is 0 Å². The summed E-state index contributed by atoms with van der Waals surface area (Å²) in [7, 11) is 0. The normalized spacial score (nSPS) is 24.7. The Labute approximate surface area is 102 Å². The fraction of sp³-hybridized carbons (Fsp3) is 0.538. The number of nitrogens with two attached hydrogens (primary N) is 1. The van der Waals surface area contributed by atoms with Crippen molar-refractivity contribution in [3.05, 3.63) is 30.1 Å². The van der Waals surface area contributed by atoms with Crippen molar-refractivity contribution in [1.29, 1.82) is 0 Å². The predicted molar refractivity (Wildman–Crippen MR) is 66.5 cm³/mol. The van der Waals surface area contributed by atoms with E-state index in [4.69, 9.17) is 5.73 Å². The third-order valence-electron chi connectivity index (χ3n) is 3.50. The van der Waals surface area contributed by atoms with E-state index in [2.05, 4.69) is 11.9 Å². The fourth-order valence-corrected chi connectivity index (χ4v) is 2.32. The first kappa shape index (κ1) is 12.0. The molecule has 2 heterocycles. The molecule has 4 nitrogen and oxygen atoms in total. The topological polar surface area (TPSA) is 59.2 Å². The van der Waals surface area contributed by atoms with Gasteiger partial charge in [0.25, 0.3) is 5.91 Å². The number of rotatable bonds is 2. The van der Waals surface area contributed by atoms with Crippen molar-refractivity contribution in [1.82, 2.24) is 9.88 Å². The van der Waals surface area contributed by atoms with Gasteiger partial charge in [-0.25, -0.2) is 0 Å². The zero-order valence-corrected chi connectivity index (χ0v) is 10.2. The molecule has 1 aliphatic heterocycles. The van der Waals surface area contributed by atoms with E-state index < -0.39 is 0 Å². The van der Waals surface area contributed by atoms with Crippen LogP contribution < -0.4 is 5.73 Å². The van der Waals surface area contributed by atoms with Crippen LogP contribution in [0.1, 0.15) is 30.1 Å². The van der Waals surface area contributed by atoms with Crippen molar-refractivity contribution < 1.29 is 4.79 Å². The average molecular weight is 233 g/mol. The Hall–Kier alpha value is -1.42. The second-order valence-corrected chi connectivity index (χ2v) is 4.72. The lowest BCUT2D eigenvalue weighted by molar-refractivity contribution is 0.0567. The summed E-state index contributed by atoms with van der Waals surface area (Å²) in [6, 6.07) is 3.83. The Balaban J connectivity index is 2.12. The molecule has 17 heavy (non-hydrogen) atoms. The van der Waals surface area contributed by atoms with Crippen LogP contribution >= 0.6 is 0 Å². The molecule has 92 valence electrons. The minimum Gasteiger partial charge on any atom is -0.336 e. The molecule has 0 bridgehead atoms. The lowest BCUT2D eigenvalue weighted by atomic mass is 9.93. The van der Waals surface area contributed by atoms with Crippen molar-refractivity contribution in [2.45, 2.75) is 25.8 Å². The molecule has 0 spiro atoms. The molecule has 1 aromatic rings. The number of carbonyl (C=O) groups is 1. The van der Waals surface area contributed by atoms with E-state index in [0.29, 0.717) is 24.1 Å². The molecule has 4 heteroatoms. The first-order valence-corrected chi connectivity index (χ1v) is 6.13. The Morgan fingerprint density at radius 2 is 2.18 bits per heavy atom. The number of nitrogens with zero attached hydrogens (tertiary/aromatic N) is 2. The summed E-state index contributed by atoms with van der Waals surface area (Å²) in [4.78, 5) is 18.2. The van der Waals surface area contributed by atoms with E-state index >= 15 is 0 Å². The summed E-state index contributed by atoms with van der Waals surface area (Å²) in [5, 5.41) is 0. The van der Waals surface area contributed by atoms with Crippen LogP contribution in [-0.2, 0) is 0 Å². The monoisotopic (exact) mass is 233 g/mol. The molecule has 2 atom stereocenters. The largest absolute Gasteiger partial charge is 0.336 e. The van der Waals surface area contributed by atoms with Crippen LogP contribution in [0.15, 0.2) is 24.5 Å². The highest BCUT2D eigenvalue weighted by Gasteiger charge is 2.28. The lowest BCUT2D eigenvalue weighted by Crippen LogP contribution is -2.47.